The van der Waals surface area contributed by atoms with E-state index in [1.165, 1.54) is 11.6 Å². The highest BCUT2D eigenvalue weighted by Gasteiger charge is 2.76. The summed E-state index contributed by atoms with van der Waals surface area (Å²) in [6.45, 7) is 7.07. The molecule has 75 heavy (non-hydrogen) atoms. The largest absolute Gasteiger partial charge is 0.524 e. The molecule has 1 aliphatic heterocycles. The molecule has 5 fully saturated rings. The van der Waals surface area contributed by atoms with Crippen LogP contribution in [0.2, 0.25) is 0 Å². The van der Waals surface area contributed by atoms with Crippen molar-refractivity contribution in [1.82, 2.24) is 5.32 Å². The zero-order valence-electron chi connectivity index (χ0n) is 45.0. The predicted octanol–water partition coefficient (Wildman–Crippen LogP) is 8.80. The van der Waals surface area contributed by atoms with Gasteiger partial charge in [0.15, 0.2) is 24.3 Å². The number of quaternary nitrogens is 1. The molecule has 5 aliphatic carbocycles. The van der Waals surface area contributed by atoms with Crippen LogP contribution in [0.1, 0.15) is 146 Å². The van der Waals surface area contributed by atoms with E-state index in [-0.39, 0.29) is 54.0 Å². The van der Waals surface area contributed by atoms with E-state index in [9.17, 15) is 38.9 Å². The second-order valence-corrected chi connectivity index (χ2v) is 25.0. The Balaban J connectivity index is 0.812. The van der Waals surface area contributed by atoms with Crippen molar-refractivity contribution in [2.75, 3.05) is 53.6 Å². The number of ketones is 2. The third-order valence-corrected chi connectivity index (χ3v) is 18.5. The van der Waals surface area contributed by atoms with E-state index in [4.69, 9.17) is 23.5 Å². The lowest BCUT2D eigenvalue weighted by molar-refractivity contribution is -0.903. The fraction of sp³-hybridized carbons (Fsp3) is 0.678. The molecule has 1 saturated heterocycles. The number of fused-ring (bicyclic) bond motifs is 7. The lowest BCUT2D eigenvalue weighted by Crippen LogP contribution is -2.63. The highest BCUT2D eigenvalue weighted by Crippen LogP contribution is 2.70. The molecule has 0 spiro atoms. The highest BCUT2D eigenvalue weighted by atomic mass is 31.2. The van der Waals surface area contributed by atoms with Gasteiger partial charge in [-0.2, -0.15) is 0 Å². The van der Waals surface area contributed by atoms with Gasteiger partial charge in [-0.25, -0.2) is 4.57 Å². The quantitative estimate of drug-likeness (QED) is 0.0245. The first-order valence-electron chi connectivity index (χ1n) is 28.2. The van der Waals surface area contributed by atoms with Crippen molar-refractivity contribution >= 4 is 25.4 Å². The summed E-state index contributed by atoms with van der Waals surface area (Å²) < 4.78 is 43.0. The molecule has 5 N–H and O–H groups in total. The Bertz CT molecular complexity index is 2380. The minimum Gasteiger partial charge on any atom is -0.458 e. The highest BCUT2D eigenvalue weighted by molar-refractivity contribution is 7.46. The van der Waals surface area contributed by atoms with Crippen LogP contribution < -0.4 is 9.84 Å². The van der Waals surface area contributed by atoms with Gasteiger partial charge < -0.3 is 43.5 Å². The van der Waals surface area contributed by atoms with Gasteiger partial charge in [0.05, 0.1) is 45.4 Å². The van der Waals surface area contributed by atoms with Gasteiger partial charge in [0.25, 0.3) is 0 Å². The van der Waals surface area contributed by atoms with Crippen LogP contribution in [0.15, 0.2) is 72.3 Å². The molecule has 0 bridgehead atoms. The average molecular weight is 1060 g/mol. The molecular formula is C59H86N2O13P+. The molecule has 4 saturated carbocycles. The van der Waals surface area contributed by atoms with Crippen molar-refractivity contribution in [2.24, 2.45) is 34.5 Å². The topological polar surface area (TPSA) is 207 Å². The Kier molecular flexibility index (Phi) is 19.2. The lowest BCUT2D eigenvalue weighted by Gasteiger charge is -2.59. The number of hydrogen-bond donors (Lipinski definition) is 5. The van der Waals surface area contributed by atoms with Crippen LogP contribution in [-0.4, -0.2) is 120 Å². The maximum atomic E-state index is 15.0. The van der Waals surface area contributed by atoms with Crippen molar-refractivity contribution < 1.29 is 66.9 Å². The summed E-state index contributed by atoms with van der Waals surface area (Å²) >= 11 is 0. The summed E-state index contributed by atoms with van der Waals surface area (Å²) in [6.07, 6.45) is 18.0. The van der Waals surface area contributed by atoms with Crippen LogP contribution in [-0.2, 0) is 50.9 Å². The molecule has 0 radical (unpaired) electrons. The van der Waals surface area contributed by atoms with E-state index in [1.54, 1.807) is 24.3 Å². The first-order valence-corrected chi connectivity index (χ1v) is 29.7. The average Bonchev–Trinajstić information content (AvgIpc) is 4.07. The molecule has 0 aromatic heterocycles. The molecule has 1 heterocycles. The summed E-state index contributed by atoms with van der Waals surface area (Å²) in [7, 11) is -1.03. The number of aliphatic hydroxyl groups excluding tert-OH is 2. The number of aliphatic hydroxyl groups is 2. The van der Waals surface area contributed by atoms with Crippen LogP contribution in [0.3, 0.4) is 0 Å². The zero-order chi connectivity index (χ0) is 53.4. The number of benzene rings is 2. The number of phosphoric ester groups is 1. The van der Waals surface area contributed by atoms with Crippen molar-refractivity contribution in [3.63, 3.8) is 0 Å². The molecule has 10 atom stereocenters. The molecule has 2 aromatic carbocycles. The number of carbonyl (C=O) groups is 3. The van der Waals surface area contributed by atoms with E-state index in [1.807, 2.05) is 26.2 Å². The van der Waals surface area contributed by atoms with Gasteiger partial charge in [-0.05, 0) is 124 Å². The van der Waals surface area contributed by atoms with Gasteiger partial charge >= 0.3 is 13.8 Å². The maximum Gasteiger partial charge on any atom is 0.524 e. The molecular weight excluding hydrogens is 976 g/mol. The number of hydrogen-bond acceptors (Lipinski definition) is 12. The molecule has 0 amide bonds. The monoisotopic (exact) mass is 1060 g/mol. The van der Waals surface area contributed by atoms with Crippen molar-refractivity contribution in [2.45, 2.75) is 166 Å². The number of esters is 1. The number of carbonyl (C=O) groups excluding carboxylic acids is 3. The van der Waals surface area contributed by atoms with Gasteiger partial charge in [-0.15, -0.1) is 0 Å². The number of ether oxygens (including phenoxy) is 4. The molecule has 414 valence electrons. The number of unbranched alkanes of at least 4 members (excludes halogenated alkanes) is 4. The number of phosphoric acid groups is 1. The van der Waals surface area contributed by atoms with E-state index in [0.717, 1.165) is 115 Å². The number of nitrogens with one attached hydrogen (secondary N) is 1. The lowest BCUT2D eigenvalue weighted by atomic mass is 9.46. The molecule has 6 aliphatic rings. The van der Waals surface area contributed by atoms with Crippen LogP contribution in [0.4, 0.5) is 0 Å². The van der Waals surface area contributed by atoms with E-state index in [2.05, 4.69) is 43.4 Å². The van der Waals surface area contributed by atoms with Crippen molar-refractivity contribution in [1.29, 1.82) is 0 Å². The second-order valence-electron chi connectivity index (χ2n) is 23.8. The Hall–Kier alpha value is -3.60. The van der Waals surface area contributed by atoms with Gasteiger partial charge in [-0.3, -0.25) is 24.2 Å². The van der Waals surface area contributed by atoms with Gasteiger partial charge in [0.1, 0.15) is 12.3 Å². The third kappa shape index (κ3) is 13.6. The first kappa shape index (κ1) is 57.6. The third-order valence-electron chi connectivity index (χ3n) is 18.1. The van der Waals surface area contributed by atoms with E-state index >= 15 is 0 Å². The summed E-state index contributed by atoms with van der Waals surface area (Å²) in [4.78, 5) is 60.4. The number of aryl methyl sites for hydroxylation is 1. The van der Waals surface area contributed by atoms with E-state index < -0.39 is 61.4 Å². The van der Waals surface area contributed by atoms with Crippen LogP contribution in [0.5, 0.6) is 5.75 Å². The molecule has 1 unspecified atom stereocenters. The van der Waals surface area contributed by atoms with Crippen molar-refractivity contribution in [3.8, 4) is 5.75 Å². The van der Waals surface area contributed by atoms with Crippen LogP contribution >= 0.6 is 7.82 Å². The summed E-state index contributed by atoms with van der Waals surface area (Å²) in [5.74, 6) is -0.771. The fourth-order valence-corrected chi connectivity index (χ4v) is 14.8. The number of allylic oxidation sites excluding steroid dienone is 4. The van der Waals surface area contributed by atoms with Crippen molar-refractivity contribution in [3.05, 3.63) is 89.0 Å². The minimum absolute atomic E-state index is 0.00286. The standard InChI is InChI=1S/C59H85N2O13P/c1-57-29-28-46(62)35-45(57)25-26-47-48-36-53-59(58(48,2)37-49(63)55(47)57,73-56(72-53)42-21-11-8-12-22-42)52(65)40-71-54(66)23-17-31-61(3,4)39-44-34-43(24-27-51(44)74-75(67,68)69)50(64)38-60-30-14-5-6-15-32-70-33-16-13-20-41-18-9-7-10-19-41/h7,9-10,18-19,24,27-29,34-35,42,47-50,53,55-56,60,63-64H,5-6,8,11-17,20-23,25-26,30-33,36-40H2,1-4H3,(H-,67,68,69)/p+1/t47-,48-,49-,50?,53+,55+,56+,57-,58-,59+/m0/s1. The maximum absolute atomic E-state index is 15.0. The zero-order valence-corrected chi connectivity index (χ0v) is 45.9. The molecule has 8 rings (SSSR count). The normalized spacial score (nSPS) is 30.0. The number of nitrogens with zero attached hydrogens (tertiary/aromatic N) is 1. The Morgan fingerprint density at radius 3 is 2.45 bits per heavy atom. The Labute approximate surface area is 445 Å². The minimum atomic E-state index is -4.90. The SMILES string of the molecule is C[C@]12C=CC(=O)C=C1CC[C@@H]1[C@@H]2[C@@H](O)C[C@@]2(C)[C@H]1C[C@H]1O[C@@H](C3CCCCC3)O[C@]12C(=O)COC(=O)CCC[N+](C)(C)Cc1cc(C(O)CNCCCCCCOCCCCc2ccccc2)ccc1OP(=O)(O)O. The van der Waals surface area contributed by atoms with Crippen LogP contribution in [0, 0.1) is 34.5 Å². The number of rotatable bonds is 27. The van der Waals surface area contributed by atoms with Gasteiger partial charge in [-0.1, -0.05) is 94.0 Å². The Morgan fingerprint density at radius 2 is 1.69 bits per heavy atom. The molecule has 16 heteroatoms. The summed E-state index contributed by atoms with van der Waals surface area (Å²) in [5, 5.41) is 26.7. The first-order chi connectivity index (χ1) is 35.8. The summed E-state index contributed by atoms with van der Waals surface area (Å²) in [5.41, 5.74) is 0.847. The second kappa shape index (κ2) is 25.0. The predicted molar refractivity (Wildman–Crippen MR) is 284 cm³/mol. The Morgan fingerprint density at radius 1 is 0.947 bits per heavy atom. The smallest absolute Gasteiger partial charge is 0.458 e. The molecule has 15 nitrogen and oxygen atoms in total. The molecule has 2 aromatic rings. The summed E-state index contributed by atoms with van der Waals surface area (Å²) in [6, 6.07) is 15.3. The van der Waals surface area contributed by atoms with Gasteiger partial charge in [0, 0.05) is 54.4 Å². The fourth-order valence-electron chi connectivity index (χ4n) is 14.3. The van der Waals surface area contributed by atoms with Crippen LogP contribution in [0.25, 0.3) is 0 Å². The van der Waals surface area contributed by atoms with E-state index in [0.29, 0.717) is 48.0 Å². The number of Topliss-reactive ketones (excluding diaryl/α,β-unsaturated/α-hetero) is 1. The van der Waals surface area contributed by atoms with Gasteiger partial charge in [0.2, 0.25) is 5.78 Å².